The maximum absolute atomic E-state index is 6.50. The van der Waals surface area contributed by atoms with Crippen molar-refractivity contribution in [3.05, 3.63) is 271 Å². The Labute approximate surface area is 367 Å². The van der Waals surface area contributed by atoms with Gasteiger partial charge in [0.05, 0.1) is 11.1 Å². The topological polar surface area (TPSA) is 16.4 Å². The van der Waals surface area contributed by atoms with E-state index in [0.29, 0.717) is 0 Å². The number of benzene rings is 10. The number of nitrogens with zero attached hydrogens (tertiary/aromatic N) is 1. The Kier molecular flexibility index (Phi) is 8.76. The summed E-state index contributed by atoms with van der Waals surface area (Å²) in [5.74, 6) is 0. The van der Waals surface area contributed by atoms with Gasteiger partial charge in [0, 0.05) is 33.3 Å². The van der Waals surface area contributed by atoms with Crippen molar-refractivity contribution < 1.29 is 4.42 Å². The van der Waals surface area contributed by atoms with Crippen molar-refractivity contribution in [1.82, 2.24) is 0 Å². The Morgan fingerprint density at radius 1 is 0.317 bits per heavy atom. The molecule has 0 fully saturated rings. The van der Waals surface area contributed by atoms with E-state index in [-0.39, 0.29) is 0 Å². The molecule has 0 amide bonds. The molecule has 1 heterocycles. The van der Waals surface area contributed by atoms with Crippen LogP contribution in [0.5, 0.6) is 0 Å². The molecule has 0 spiro atoms. The molecule has 0 saturated heterocycles. The highest BCUT2D eigenvalue weighted by atomic mass is 16.3. The van der Waals surface area contributed by atoms with E-state index in [9.17, 15) is 0 Å². The van der Waals surface area contributed by atoms with E-state index in [2.05, 4.69) is 241 Å². The highest BCUT2D eigenvalue weighted by molar-refractivity contribution is 6.09. The van der Waals surface area contributed by atoms with E-state index in [1.54, 1.807) is 0 Å². The molecule has 0 unspecified atom stereocenters. The molecule has 2 nitrogen and oxygen atoms in total. The first-order chi connectivity index (χ1) is 31.3. The van der Waals surface area contributed by atoms with Crippen LogP contribution in [-0.4, -0.2) is 0 Å². The van der Waals surface area contributed by atoms with Crippen LogP contribution in [0.3, 0.4) is 0 Å². The summed E-state index contributed by atoms with van der Waals surface area (Å²) < 4.78 is 6.50. The van der Waals surface area contributed by atoms with E-state index >= 15 is 0 Å². The third-order valence-electron chi connectivity index (χ3n) is 13.0. The van der Waals surface area contributed by atoms with Crippen LogP contribution >= 0.6 is 0 Å². The van der Waals surface area contributed by atoms with Gasteiger partial charge in [-0.15, -0.1) is 0 Å². The maximum atomic E-state index is 6.50. The molecule has 0 atom stereocenters. The highest BCUT2D eigenvalue weighted by Gasteiger charge is 2.46. The average Bonchev–Trinajstić information content (AvgIpc) is 3.89. The van der Waals surface area contributed by atoms with Gasteiger partial charge in [-0.3, -0.25) is 0 Å². The fourth-order valence-corrected chi connectivity index (χ4v) is 10.1. The zero-order valence-electron chi connectivity index (χ0n) is 34.5. The minimum atomic E-state index is -0.590. The summed E-state index contributed by atoms with van der Waals surface area (Å²) in [6.45, 7) is 0. The van der Waals surface area contributed by atoms with Gasteiger partial charge in [-0.2, -0.15) is 0 Å². The third kappa shape index (κ3) is 5.95. The summed E-state index contributed by atoms with van der Waals surface area (Å²) in [4.78, 5) is 2.44. The summed E-state index contributed by atoms with van der Waals surface area (Å²) in [5, 5.41) is 2.26. The van der Waals surface area contributed by atoms with Crippen molar-refractivity contribution in [2.45, 2.75) is 5.41 Å². The van der Waals surface area contributed by atoms with Gasteiger partial charge >= 0.3 is 0 Å². The smallest absolute Gasteiger partial charge is 0.143 e. The molecule has 1 aliphatic carbocycles. The number of fused-ring (bicyclic) bond motifs is 6. The van der Waals surface area contributed by atoms with Crippen LogP contribution in [0.1, 0.15) is 22.3 Å². The minimum Gasteiger partial charge on any atom is -0.455 e. The van der Waals surface area contributed by atoms with Crippen LogP contribution in [0, 0.1) is 0 Å². The van der Waals surface area contributed by atoms with Gasteiger partial charge in [-0.05, 0) is 98.1 Å². The number of furan rings is 1. The molecular weight excluding hydrogens is 763 g/mol. The Balaban J connectivity index is 1.09. The van der Waals surface area contributed by atoms with Crippen LogP contribution in [-0.2, 0) is 5.41 Å². The molecule has 10 aromatic carbocycles. The summed E-state index contributed by atoms with van der Waals surface area (Å²) in [7, 11) is 0. The first kappa shape index (κ1) is 36.6. The molecule has 0 bridgehead atoms. The second kappa shape index (κ2) is 15.1. The van der Waals surface area contributed by atoms with Crippen molar-refractivity contribution in [3.63, 3.8) is 0 Å². The zero-order chi connectivity index (χ0) is 41.7. The fourth-order valence-electron chi connectivity index (χ4n) is 10.1. The number of para-hydroxylation sites is 3. The third-order valence-corrected chi connectivity index (χ3v) is 13.0. The van der Waals surface area contributed by atoms with Crippen LogP contribution in [0.15, 0.2) is 253 Å². The fraction of sp³-hybridized carbons (Fsp3) is 0.0164. The normalized spacial score (nSPS) is 12.6. The SMILES string of the molecule is c1ccc(-c2ccc3c(c2)C(c2ccccc2)(c2ccccc2)c2cc(N(c4ccc(-c5cccc6c5oc5ccccc56)cc4)c4ccccc4-c4ccccc4)ccc2-3)cc1. The Bertz CT molecular complexity index is 3390. The van der Waals surface area contributed by atoms with Crippen LogP contribution in [0.25, 0.3) is 66.4 Å². The van der Waals surface area contributed by atoms with Gasteiger partial charge in [-0.1, -0.05) is 206 Å². The summed E-state index contributed by atoms with van der Waals surface area (Å²) in [5.41, 5.74) is 18.9. The molecule has 11 aromatic rings. The Hall–Kier alpha value is -8.20. The average molecular weight is 804 g/mol. The van der Waals surface area contributed by atoms with Gasteiger partial charge in [0.25, 0.3) is 0 Å². The van der Waals surface area contributed by atoms with Crippen molar-refractivity contribution in [3.8, 4) is 44.5 Å². The maximum Gasteiger partial charge on any atom is 0.143 e. The molecule has 0 N–H and O–H groups in total. The lowest BCUT2D eigenvalue weighted by atomic mass is 9.67. The van der Waals surface area contributed by atoms with Crippen LogP contribution < -0.4 is 4.90 Å². The Morgan fingerprint density at radius 2 is 0.825 bits per heavy atom. The Morgan fingerprint density at radius 3 is 1.54 bits per heavy atom. The second-order valence-corrected chi connectivity index (χ2v) is 16.4. The lowest BCUT2D eigenvalue weighted by Crippen LogP contribution is -2.28. The molecule has 0 aliphatic heterocycles. The molecule has 1 aromatic heterocycles. The number of hydrogen-bond acceptors (Lipinski definition) is 2. The van der Waals surface area contributed by atoms with Crippen molar-refractivity contribution >= 4 is 39.0 Å². The van der Waals surface area contributed by atoms with Crippen molar-refractivity contribution in [2.75, 3.05) is 4.90 Å². The van der Waals surface area contributed by atoms with E-state index in [0.717, 1.165) is 61.3 Å². The largest absolute Gasteiger partial charge is 0.455 e. The predicted molar refractivity (Wildman–Crippen MR) is 262 cm³/mol. The van der Waals surface area contributed by atoms with E-state index < -0.39 is 5.41 Å². The summed E-state index contributed by atoms with van der Waals surface area (Å²) >= 11 is 0. The first-order valence-corrected chi connectivity index (χ1v) is 21.7. The van der Waals surface area contributed by atoms with Crippen molar-refractivity contribution in [2.24, 2.45) is 0 Å². The monoisotopic (exact) mass is 803 g/mol. The van der Waals surface area contributed by atoms with Gasteiger partial charge in [0.2, 0.25) is 0 Å². The summed E-state index contributed by atoms with van der Waals surface area (Å²) in [6.07, 6.45) is 0. The molecule has 63 heavy (non-hydrogen) atoms. The quantitative estimate of drug-likeness (QED) is 0.152. The summed E-state index contributed by atoms with van der Waals surface area (Å²) in [6, 6.07) is 90.3. The van der Waals surface area contributed by atoms with Crippen molar-refractivity contribution in [1.29, 1.82) is 0 Å². The van der Waals surface area contributed by atoms with Gasteiger partial charge in [-0.25, -0.2) is 0 Å². The molecule has 12 rings (SSSR count). The number of rotatable bonds is 8. The number of anilines is 3. The minimum absolute atomic E-state index is 0.590. The van der Waals surface area contributed by atoms with Crippen LogP contribution in [0.4, 0.5) is 17.1 Å². The number of hydrogen-bond donors (Lipinski definition) is 0. The van der Waals surface area contributed by atoms with E-state index in [4.69, 9.17) is 4.42 Å². The second-order valence-electron chi connectivity index (χ2n) is 16.4. The van der Waals surface area contributed by atoms with Gasteiger partial charge in [0.15, 0.2) is 0 Å². The van der Waals surface area contributed by atoms with Gasteiger partial charge in [0.1, 0.15) is 11.2 Å². The van der Waals surface area contributed by atoms with Crippen LogP contribution in [0.2, 0.25) is 0 Å². The highest BCUT2D eigenvalue weighted by Crippen LogP contribution is 2.58. The molecule has 2 heteroatoms. The predicted octanol–water partition coefficient (Wildman–Crippen LogP) is 16.4. The molecule has 1 aliphatic rings. The van der Waals surface area contributed by atoms with E-state index in [1.165, 1.54) is 44.5 Å². The molecule has 0 saturated carbocycles. The lowest BCUT2D eigenvalue weighted by Gasteiger charge is -2.35. The molecule has 0 radical (unpaired) electrons. The first-order valence-electron chi connectivity index (χ1n) is 21.7. The molecule has 296 valence electrons. The molecular formula is C61H41NO. The standard InChI is InChI=1S/C61H41NO/c1-5-18-42(19-6-1)45-34-38-52-53-39-37-49(41-57(53)61(56(52)40-45,46-22-9-3-10-23-46)47-24-11-4-12-25-47)62(58-30-15-13-26-50(58)43-20-7-2-8-21-43)48-35-32-44(33-36-48)51-28-17-29-55-54-27-14-16-31-59(54)63-60(51)55/h1-41H. The zero-order valence-corrected chi connectivity index (χ0v) is 34.5. The van der Waals surface area contributed by atoms with Gasteiger partial charge < -0.3 is 9.32 Å². The lowest BCUT2D eigenvalue weighted by molar-refractivity contribution is 0.670. The van der Waals surface area contributed by atoms with E-state index in [1.807, 2.05) is 12.1 Å².